The molecule has 0 saturated heterocycles. The molecule has 0 aliphatic carbocycles. The summed E-state index contributed by atoms with van der Waals surface area (Å²) in [6, 6.07) is 6.49. The zero-order valence-electron chi connectivity index (χ0n) is 11.9. The van der Waals surface area contributed by atoms with E-state index < -0.39 is 0 Å². The molecule has 0 aliphatic heterocycles. The average Bonchev–Trinajstić information content (AvgIpc) is 2.49. The van der Waals surface area contributed by atoms with Crippen LogP contribution in [0.3, 0.4) is 0 Å². The first-order chi connectivity index (χ1) is 10.1. The van der Waals surface area contributed by atoms with E-state index in [1.807, 2.05) is 6.92 Å². The number of nitrogen functional groups attached to an aromatic ring is 1. The third-order valence-corrected chi connectivity index (χ3v) is 2.98. The summed E-state index contributed by atoms with van der Waals surface area (Å²) in [5, 5.41) is 3.23. The van der Waals surface area contributed by atoms with Crippen molar-refractivity contribution in [3.8, 4) is 5.75 Å². The second-order valence-electron chi connectivity index (χ2n) is 4.62. The third kappa shape index (κ3) is 3.79. The van der Waals surface area contributed by atoms with E-state index in [1.165, 1.54) is 25.6 Å². The van der Waals surface area contributed by atoms with Crippen molar-refractivity contribution in [2.45, 2.75) is 19.4 Å². The van der Waals surface area contributed by atoms with E-state index in [9.17, 15) is 4.39 Å². The highest BCUT2D eigenvalue weighted by Crippen LogP contribution is 2.28. The molecule has 1 aromatic heterocycles. The highest BCUT2D eigenvalue weighted by Gasteiger charge is 2.13. The minimum absolute atomic E-state index is 0.0740. The van der Waals surface area contributed by atoms with Gasteiger partial charge in [-0.2, -0.15) is 0 Å². The van der Waals surface area contributed by atoms with E-state index in [0.29, 0.717) is 17.4 Å². The van der Waals surface area contributed by atoms with E-state index in [1.54, 1.807) is 12.1 Å². The number of halogens is 1. The second kappa shape index (κ2) is 6.85. The number of rotatable bonds is 6. The van der Waals surface area contributed by atoms with Crippen molar-refractivity contribution in [2.24, 2.45) is 5.84 Å². The molecule has 0 spiro atoms. The van der Waals surface area contributed by atoms with Gasteiger partial charge in [-0.05, 0) is 31.0 Å². The molecule has 21 heavy (non-hydrogen) atoms. The Balaban J connectivity index is 2.08. The Hall–Kier alpha value is -2.41. The molecule has 4 N–H and O–H groups in total. The Bertz CT molecular complexity index is 590. The van der Waals surface area contributed by atoms with Gasteiger partial charge in [-0.15, -0.1) is 0 Å². The largest absolute Gasteiger partial charge is 0.490 e. The maximum atomic E-state index is 12.9. The smallest absolute Gasteiger partial charge is 0.205 e. The van der Waals surface area contributed by atoms with Crippen LogP contribution in [0.2, 0.25) is 0 Å². The SMILES string of the molecule is COc1c(NN)ncnc1NC(C)Cc1ccc(F)cc1. The number of nitrogens with two attached hydrogens (primary N) is 1. The summed E-state index contributed by atoms with van der Waals surface area (Å²) in [7, 11) is 1.52. The lowest BCUT2D eigenvalue weighted by molar-refractivity contribution is 0.414. The predicted octanol–water partition coefficient (Wildman–Crippen LogP) is 1.95. The van der Waals surface area contributed by atoms with Crippen LogP contribution in [0.15, 0.2) is 30.6 Å². The van der Waals surface area contributed by atoms with E-state index in [0.717, 1.165) is 12.0 Å². The lowest BCUT2D eigenvalue weighted by Crippen LogP contribution is -2.20. The van der Waals surface area contributed by atoms with E-state index in [4.69, 9.17) is 10.6 Å². The van der Waals surface area contributed by atoms with Gasteiger partial charge in [0.2, 0.25) is 5.75 Å². The fourth-order valence-corrected chi connectivity index (χ4v) is 2.03. The van der Waals surface area contributed by atoms with Crippen LogP contribution in [0.1, 0.15) is 12.5 Å². The zero-order valence-corrected chi connectivity index (χ0v) is 11.9. The molecule has 2 rings (SSSR count). The summed E-state index contributed by atoms with van der Waals surface area (Å²) in [5.41, 5.74) is 3.49. The molecule has 0 bridgehead atoms. The molecular weight excluding hydrogens is 273 g/mol. The molecule has 0 fully saturated rings. The number of hydrogen-bond donors (Lipinski definition) is 3. The Morgan fingerprint density at radius 3 is 2.52 bits per heavy atom. The average molecular weight is 291 g/mol. The summed E-state index contributed by atoms with van der Waals surface area (Å²) >= 11 is 0. The molecule has 1 unspecified atom stereocenters. The van der Waals surface area contributed by atoms with Gasteiger partial charge in [0, 0.05) is 6.04 Å². The number of aromatic nitrogens is 2. The Kier molecular flexibility index (Phi) is 4.89. The number of ether oxygens (including phenoxy) is 1. The molecule has 0 radical (unpaired) electrons. The van der Waals surface area contributed by atoms with Crippen molar-refractivity contribution in [3.63, 3.8) is 0 Å². The zero-order chi connectivity index (χ0) is 15.2. The molecular formula is C14H18FN5O. The van der Waals surface area contributed by atoms with Crippen LogP contribution < -0.4 is 21.3 Å². The molecule has 0 amide bonds. The maximum Gasteiger partial charge on any atom is 0.205 e. The van der Waals surface area contributed by atoms with Crippen molar-refractivity contribution in [3.05, 3.63) is 42.0 Å². The van der Waals surface area contributed by atoms with Crippen LogP contribution >= 0.6 is 0 Å². The summed E-state index contributed by atoms with van der Waals surface area (Å²) in [6.07, 6.45) is 2.11. The van der Waals surface area contributed by atoms with Crippen molar-refractivity contribution in [1.29, 1.82) is 0 Å². The van der Waals surface area contributed by atoms with Crippen LogP contribution in [0.4, 0.5) is 16.0 Å². The van der Waals surface area contributed by atoms with Crippen molar-refractivity contribution in [2.75, 3.05) is 17.9 Å². The minimum Gasteiger partial charge on any atom is -0.490 e. The highest BCUT2D eigenvalue weighted by atomic mass is 19.1. The molecule has 0 saturated carbocycles. The van der Waals surface area contributed by atoms with Gasteiger partial charge in [-0.25, -0.2) is 20.2 Å². The van der Waals surface area contributed by atoms with Crippen molar-refractivity contribution in [1.82, 2.24) is 9.97 Å². The standard InChI is InChI=1S/C14H18FN5O/c1-9(7-10-3-5-11(15)6-4-10)19-13-12(21-2)14(20-16)18-8-17-13/h3-6,8-9H,7,16H2,1-2H3,(H2,17,18,19,20). The summed E-state index contributed by atoms with van der Waals surface area (Å²) in [5.74, 6) is 6.55. The molecule has 6 nitrogen and oxygen atoms in total. The fraction of sp³-hybridized carbons (Fsp3) is 0.286. The molecule has 1 aromatic carbocycles. The van der Waals surface area contributed by atoms with E-state index in [-0.39, 0.29) is 11.9 Å². The molecule has 112 valence electrons. The van der Waals surface area contributed by atoms with Gasteiger partial charge in [0.1, 0.15) is 12.1 Å². The second-order valence-corrected chi connectivity index (χ2v) is 4.62. The Labute approximate surface area is 122 Å². The molecule has 0 aliphatic rings. The van der Waals surface area contributed by atoms with Crippen LogP contribution in [-0.2, 0) is 6.42 Å². The molecule has 2 aromatic rings. The first-order valence-corrected chi connectivity index (χ1v) is 6.50. The van der Waals surface area contributed by atoms with Gasteiger partial charge in [-0.1, -0.05) is 12.1 Å². The van der Waals surface area contributed by atoms with E-state index >= 15 is 0 Å². The number of nitrogens with one attached hydrogen (secondary N) is 2. The maximum absolute atomic E-state index is 12.9. The summed E-state index contributed by atoms with van der Waals surface area (Å²) < 4.78 is 18.1. The molecule has 1 atom stereocenters. The fourth-order valence-electron chi connectivity index (χ4n) is 2.03. The molecule has 1 heterocycles. The summed E-state index contributed by atoms with van der Waals surface area (Å²) in [6.45, 7) is 2.00. The minimum atomic E-state index is -0.240. The number of benzene rings is 1. The van der Waals surface area contributed by atoms with Crippen LogP contribution in [0, 0.1) is 5.82 Å². The first kappa shape index (κ1) is 15.0. The van der Waals surface area contributed by atoms with E-state index in [2.05, 4.69) is 20.7 Å². The quantitative estimate of drug-likeness (QED) is 0.557. The summed E-state index contributed by atoms with van der Waals surface area (Å²) in [4.78, 5) is 8.13. The predicted molar refractivity (Wildman–Crippen MR) is 79.6 cm³/mol. The monoisotopic (exact) mass is 291 g/mol. The van der Waals surface area contributed by atoms with Crippen molar-refractivity contribution < 1.29 is 9.13 Å². The van der Waals surface area contributed by atoms with Gasteiger partial charge in [0.25, 0.3) is 0 Å². The lowest BCUT2D eigenvalue weighted by Gasteiger charge is -2.17. The van der Waals surface area contributed by atoms with Gasteiger partial charge < -0.3 is 15.5 Å². The number of nitrogens with zero attached hydrogens (tertiary/aromatic N) is 2. The normalized spacial score (nSPS) is 11.8. The van der Waals surface area contributed by atoms with Gasteiger partial charge in [0.05, 0.1) is 7.11 Å². The number of anilines is 2. The highest BCUT2D eigenvalue weighted by molar-refractivity contribution is 5.63. The molecule has 7 heteroatoms. The van der Waals surface area contributed by atoms with Crippen LogP contribution in [-0.4, -0.2) is 23.1 Å². The van der Waals surface area contributed by atoms with Gasteiger partial charge in [-0.3, -0.25) is 0 Å². The number of hydrogen-bond acceptors (Lipinski definition) is 6. The van der Waals surface area contributed by atoms with Crippen LogP contribution in [0.25, 0.3) is 0 Å². The Morgan fingerprint density at radius 2 is 1.90 bits per heavy atom. The lowest BCUT2D eigenvalue weighted by atomic mass is 10.1. The Morgan fingerprint density at radius 1 is 1.24 bits per heavy atom. The topological polar surface area (TPSA) is 85.1 Å². The third-order valence-electron chi connectivity index (χ3n) is 2.98. The first-order valence-electron chi connectivity index (χ1n) is 6.50. The number of hydrazine groups is 1. The van der Waals surface area contributed by atoms with Crippen molar-refractivity contribution >= 4 is 11.6 Å². The number of methoxy groups -OCH3 is 1. The van der Waals surface area contributed by atoms with Crippen LogP contribution in [0.5, 0.6) is 5.75 Å². The van der Waals surface area contributed by atoms with Gasteiger partial charge in [0.15, 0.2) is 11.6 Å². The van der Waals surface area contributed by atoms with Gasteiger partial charge >= 0.3 is 0 Å².